The Kier molecular flexibility index (Phi) is 3.34. The number of amides is 1. The number of nitrogens with one attached hydrogen (secondary N) is 1. The predicted octanol–water partition coefficient (Wildman–Crippen LogP) is 0.232. The van der Waals surface area contributed by atoms with Gasteiger partial charge in [-0.15, -0.1) is 0 Å². The van der Waals surface area contributed by atoms with Crippen molar-refractivity contribution in [1.29, 1.82) is 0 Å². The van der Waals surface area contributed by atoms with Crippen LogP contribution in [0, 0.1) is 0 Å². The van der Waals surface area contributed by atoms with Gasteiger partial charge in [0.15, 0.2) is 6.04 Å². The summed E-state index contributed by atoms with van der Waals surface area (Å²) in [6.07, 6.45) is -0.234. The first-order valence-electron chi connectivity index (χ1n) is 4.88. The van der Waals surface area contributed by atoms with Gasteiger partial charge in [-0.2, -0.15) is 0 Å². The van der Waals surface area contributed by atoms with Gasteiger partial charge in [-0.1, -0.05) is 0 Å². The molecule has 5 nitrogen and oxygen atoms in total. The summed E-state index contributed by atoms with van der Waals surface area (Å²) >= 11 is 0. The monoisotopic (exact) mass is 215 g/mol. The van der Waals surface area contributed by atoms with Crippen LogP contribution >= 0.6 is 0 Å². The smallest absolute Gasteiger partial charge is 0.331 e. The van der Waals surface area contributed by atoms with Crippen molar-refractivity contribution in [3.8, 4) is 0 Å². The van der Waals surface area contributed by atoms with Gasteiger partial charge in [0.05, 0.1) is 25.2 Å². The van der Waals surface area contributed by atoms with Crippen molar-refractivity contribution >= 4 is 11.9 Å². The van der Waals surface area contributed by atoms with E-state index in [1.807, 2.05) is 20.8 Å². The van der Waals surface area contributed by atoms with E-state index in [-0.39, 0.29) is 17.9 Å². The van der Waals surface area contributed by atoms with E-state index in [1.165, 1.54) is 7.11 Å². The maximum atomic E-state index is 11.3. The zero-order chi connectivity index (χ0) is 11.6. The van der Waals surface area contributed by atoms with E-state index in [1.54, 1.807) is 0 Å². The maximum absolute atomic E-state index is 11.3. The molecule has 0 unspecified atom stereocenters. The fourth-order valence-corrected chi connectivity index (χ4v) is 1.53. The Labute approximate surface area is 89.1 Å². The van der Waals surface area contributed by atoms with Crippen LogP contribution in [0.5, 0.6) is 0 Å². The molecule has 1 fully saturated rings. The Morgan fingerprint density at radius 2 is 2.07 bits per heavy atom. The summed E-state index contributed by atoms with van der Waals surface area (Å²) in [5.41, 5.74) is -0.386. The lowest BCUT2D eigenvalue weighted by Gasteiger charge is -2.26. The third kappa shape index (κ3) is 3.20. The average molecular weight is 215 g/mol. The number of hydrogen-bond acceptors (Lipinski definition) is 4. The highest BCUT2D eigenvalue weighted by atomic mass is 16.5. The van der Waals surface area contributed by atoms with E-state index in [0.717, 1.165) is 0 Å². The van der Waals surface area contributed by atoms with Gasteiger partial charge in [-0.05, 0) is 20.8 Å². The lowest BCUT2D eigenvalue weighted by Crippen LogP contribution is -2.43. The van der Waals surface area contributed by atoms with Gasteiger partial charge in [-0.25, -0.2) is 4.79 Å². The Balaban J connectivity index is 2.69. The first kappa shape index (κ1) is 12.0. The largest absolute Gasteiger partial charge is 0.467 e. The Morgan fingerprint density at radius 1 is 1.47 bits per heavy atom. The zero-order valence-corrected chi connectivity index (χ0v) is 9.49. The van der Waals surface area contributed by atoms with E-state index in [4.69, 9.17) is 4.74 Å². The van der Waals surface area contributed by atoms with Crippen LogP contribution in [0.4, 0.5) is 0 Å². The number of rotatable bonds is 2. The maximum Gasteiger partial charge on any atom is 0.331 e. The highest BCUT2D eigenvalue weighted by Crippen LogP contribution is 2.20. The van der Waals surface area contributed by atoms with E-state index >= 15 is 0 Å². The standard InChI is InChI=1S/C10H17NO4/c1-10(2,3)15-6-5-7(12)11-8(6)9(13)14-4/h6,8H,5H2,1-4H3,(H,11,12)/t6-,8-/m0/s1. The minimum absolute atomic E-state index is 0.181. The molecule has 2 atom stereocenters. The summed E-state index contributed by atoms with van der Waals surface area (Å²) in [6, 6.07) is -0.679. The van der Waals surface area contributed by atoms with Gasteiger partial charge in [0.25, 0.3) is 0 Å². The molecule has 86 valence electrons. The summed E-state index contributed by atoms with van der Waals surface area (Å²) in [7, 11) is 1.29. The van der Waals surface area contributed by atoms with Crippen LogP contribution in [0.3, 0.4) is 0 Å². The average Bonchev–Trinajstić information content (AvgIpc) is 2.42. The molecule has 1 rings (SSSR count). The molecule has 0 saturated carbocycles. The van der Waals surface area contributed by atoms with Crippen molar-refractivity contribution in [1.82, 2.24) is 5.32 Å². The summed E-state index contributed by atoms with van der Waals surface area (Å²) in [5, 5.41) is 2.54. The van der Waals surface area contributed by atoms with E-state index in [0.29, 0.717) is 0 Å². The number of carbonyl (C=O) groups excluding carboxylic acids is 2. The molecule has 0 radical (unpaired) electrons. The lowest BCUT2D eigenvalue weighted by atomic mass is 10.1. The van der Waals surface area contributed by atoms with Crippen molar-refractivity contribution in [3.05, 3.63) is 0 Å². The molecule has 5 heteroatoms. The summed E-state index contributed by atoms with van der Waals surface area (Å²) < 4.78 is 10.2. The molecule has 0 aromatic carbocycles. The lowest BCUT2D eigenvalue weighted by molar-refractivity contribution is -0.149. The first-order valence-corrected chi connectivity index (χ1v) is 4.88. The van der Waals surface area contributed by atoms with Crippen LogP contribution in [0.1, 0.15) is 27.2 Å². The minimum atomic E-state index is -0.679. The SMILES string of the molecule is COC(=O)[C@H]1NC(=O)C[C@@H]1OC(C)(C)C. The molecule has 1 heterocycles. The molecule has 15 heavy (non-hydrogen) atoms. The summed E-state index contributed by atoms with van der Waals surface area (Å²) in [4.78, 5) is 22.5. The van der Waals surface area contributed by atoms with Crippen molar-refractivity contribution in [2.75, 3.05) is 7.11 Å². The van der Waals surface area contributed by atoms with Gasteiger partial charge >= 0.3 is 5.97 Å². The molecule has 0 spiro atoms. The first-order chi connectivity index (χ1) is 6.83. The molecule has 0 aromatic rings. The van der Waals surface area contributed by atoms with Crippen LogP contribution in [0.25, 0.3) is 0 Å². The van der Waals surface area contributed by atoms with Crippen molar-refractivity contribution in [2.24, 2.45) is 0 Å². The van der Waals surface area contributed by atoms with Gasteiger partial charge in [-0.3, -0.25) is 4.79 Å². The predicted molar refractivity (Wildman–Crippen MR) is 53.2 cm³/mol. The molecule has 0 aromatic heterocycles. The second-order valence-electron chi connectivity index (χ2n) is 4.54. The normalized spacial score (nSPS) is 26.3. The highest BCUT2D eigenvalue weighted by molar-refractivity contribution is 5.89. The third-order valence-corrected chi connectivity index (χ3v) is 2.03. The molecular formula is C10H17NO4. The van der Waals surface area contributed by atoms with Crippen molar-refractivity contribution in [3.63, 3.8) is 0 Å². The van der Waals surface area contributed by atoms with Crippen LogP contribution < -0.4 is 5.32 Å². The topological polar surface area (TPSA) is 64.6 Å². The van der Waals surface area contributed by atoms with Crippen LogP contribution in [-0.4, -0.2) is 36.7 Å². The van der Waals surface area contributed by atoms with E-state index < -0.39 is 18.1 Å². The second-order valence-corrected chi connectivity index (χ2v) is 4.54. The second kappa shape index (κ2) is 4.18. The molecule has 1 N–H and O–H groups in total. The van der Waals surface area contributed by atoms with E-state index in [9.17, 15) is 9.59 Å². The Morgan fingerprint density at radius 3 is 2.53 bits per heavy atom. The molecule has 1 saturated heterocycles. The molecule has 0 aliphatic carbocycles. The molecule has 1 aliphatic heterocycles. The number of ether oxygens (including phenoxy) is 2. The number of hydrogen-bond donors (Lipinski definition) is 1. The zero-order valence-electron chi connectivity index (χ0n) is 9.49. The van der Waals surface area contributed by atoms with Gasteiger partial charge in [0.1, 0.15) is 0 Å². The molecular weight excluding hydrogens is 198 g/mol. The number of methoxy groups -OCH3 is 1. The fourth-order valence-electron chi connectivity index (χ4n) is 1.53. The van der Waals surface area contributed by atoms with Crippen LogP contribution in [0.2, 0.25) is 0 Å². The minimum Gasteiger partial charge on any atom is -0.467 e. The summed E-state index contributed by atoms with van der Waals surface area (Å²) in [6.45, 7) is 5.64. The highest BCUT2D eigenvalue weighted by Gasteiger charge is 2.40. The summed E-state index contributed by atoms with van der Waals surface area (Å²) in [5.74, 6) is -0.644. The van der Waals surface area contributed by atoms with Crippen LogP contribution in [-0.2, 0) is 19.1 Å². The van der Waals surface area contributed by atoms with Gasteiger partial charge in [0.2, 0.25) is 5.91 Å². The van der Waals surface area contributed by atoms with Gasteiger partial charge < -0.3 is 14.8 Å². The Bertz CT molecular complexity index is 269. The van der Waals surface area contributed by atoms with Crippen molar-refractivity contribution in [2.45, 2.75) is 44.9 Å². The quantitative estimate of drug-likeness (QED) is 0.670. The fraction of sp³-hybridized carbons (Fsp3) is 0.800. The van der Waals surface area contributed by atoms with Crippen LogP contribution in [0.15, 0.2) is 0 Å². The van der Waals surface area contributed by atoms with E-state index in [2.05, 4.69) is 10.1 Å². The number of esters is 1. The van der Waals surface area contributed by atoms with Gasteiger partial charge in [0, 0.05) is 0 Å². The Hall–Kier alpha value is -1.10. The molecule has 0 bridgehead atoms. The number of carbonyl (C=O) groups is 2. The molecule has 1 aliphatic rings. The molecule has 1 amide bonds. The third-order valence-electron chi connectivity index (χ3n) is 2.03. The van der Waals surface area contributed by atoms with Crippen molar-refractivity contribution < 1.29 is 19.1 Å².